The molecule has 0 bridgehead atoms. The van der Waals surface area contributed by atoms with E-state index in [4.69, 9.17) is 0 Å². The van der Waals surface area contributed by atoms with Crippen molar-refractivity contribution in [1.29, 1.82) is 0 Å². The zero-order valence-corrected chi connectivity index (χ0v) is 11.8. The maximum Gasteiger partial charge on any atom is 0.0252 e. The van der Waals surface area contributed by atoms with Gasteiger partial charge in [0.25, 0.3) is 0 Å². The average Bonchev–Trinajstić information content (AvgIpc) is 2.72. The van der Waals surface area contributed by atoms with E-state index in [0.717, 1.165) is 18.1 Å². The third-order valence-electron chi connectivity index (χ3n) is 4.70. The Labute approximate surface area is 107 Å². The van der Waals surface area contributed by atoms with Crippen LogP contribution in [0.5, 0.6) is 0 Å². The molecule has 2 fully saturated rings. The maximum absolute atomic E-state index is 3.53. The van der Waals surface area contributed by atoms with Crippen LogP contribution < -0.4 is 5.32 Å². The van der Waals surface area contributed by atoms with Crippen LogP contribution in [0.1, 0.15) is 39.0 Å². The van der Waals surface area contributed by atoms with Crippen molar-refractivity contribution < 1.29 is 0 Å². The van der Waals surface area contributed by atoms with E-state index in [1.54, 1.807) is 0 Å². The molecule has 0 spiro atoms. The van der Waals surface area contributed by atoms with Gasteiger partial charge in [0, 0.05) is 31.2 Å². The van der Waals surface area contributed by atoms with Gasteiger partial charge in [-0.15, -0.1) is 0 Å². The van der Waals surface area contributed by atoms with Crippen molar-refractivity contribution in [1.82, 2.24) is 15.1 Å². The van der Waals surface area contributed by atoms with Gasteiger partial charge in [-0.2, -0.15) is 0 Å². The summed E-state index contributed by atoms with van der Waals surface area (Å²) >= 11 is 0. The second kappa shape index (κ2) is 6.17. The van der Waals surface area contributed by atoms with E-state index in [1.807, 2.05) is 0 Å². The molecule has 3 heteroatoms. The minimum absolute atomic E-state index is 0.729. The summed E-state index contributed by atoms with van der Waals surface area (Å²) < 4.78 is 0. The predicted molar refractivity (Wildman–Crippen MR) is 73.4 cm³/mol. The van der Waals surface area contributed by atoms with Gasteiger partial charge in [-0.05, 0) is 46.3 Å². The van der Waals surface area contributed by atoms with Crippen LogP contribution >= 0.6 is 0 Å². The number of nitrogens with zero attached hydrogens (tertiary/aromatic N) is 2. The van der Waals surface area contributed by atoms with Crippen molar-refractivity contribution in [3.63, 3.8) is 0 Å². The van der Waals surface area contributed by atoms with Crippen LogP contribution in [0.25, 0.3) is 0 Å². The van der Waals surface area contributed by atoms with Crippen LogP contribution in [0.2, 0.25) is 0 Å². The zero-order chi connectivity index (χ0) is 12.3. The molecule has 3 nitrogen and oxygen atoms in total. The fourth-order valence-corrected chi connectivity index (χ4v) is 3.74. The van der Waals surface area contributed by atoms with Crippen LogP contribution in [0.4, 0.5) is 0 Å². The van der Waals surface area contributed by atoms with E-state index < -0.39 is 0 Å². The molecule has 0 aromatic carbocycles. The first-order valence-electron chi connectivity index (χ1n) is 7.37. The Morgan fingerprint density at radius 1 is 1.18 bits per heavy atom. The Morgan fingerprint density at radius 3 is 2.71 bits per heavy atom. The Bertz CT molecular complexity index is 232. The molecule has 1 aliphatic heterocycles. The first-order valence-corrected chi connectivity index (χ1v) is 7.37. The lowest BCUT2D eigenvalue weighted by Gasteiger charge is -2.38. The minimum atomic E-state index is 0.729. The van der Waals surface area contributed by atoms with Crippen molar-refractivity contribution in [2.45, 2.75) is 57.2 Å². The van der Waals surface area contributed by atoms with E-state index >= 15 is 0 Å². The van der Waals surface area contributed by atoms with E-state index in [0.29, 0.717) is 0 Å². The summed E-state index contributed by atoms with van der Waals surface area (Å²) in [4.78, 5) is 5.33. The molecule has 0 aromatic rings. The largest absolute Gasteiger partial charge is 0.315 e. The summed E-state index contributed by atoms with van der Waals surface area (Å²) in [5.74, 6) is 0. The van der Waals surface area contributed by atoms with Crippen molar-refractivity contribution in [3.05, 3.63) is 0 Å². The quantitative estimate of drug-likeness (QED) is 0.806. The fourth-order valence-electron chi connectivity index (χ4n) is 3.74. The summed E-state index contributed by atoms with van der Waals surface area (Å²) in [7, 11) is 4.41. The van der Waals surface area contributed by atoms with Crippen molar-refractivity contribution in [2.24, 2.45) is 0 Å². The average molecular weight is 239 g/mol. The van der Waals surface area contributed by atoms with Crippen LogP contribution in [-0.4, -0.2) is 61.7 Å². The minimum Gasteiger partial charge on any atom is -0.315 e. The highest BCUT2D eigenvalue weighted by molar-refractivity contribution is 4.93. The molecule has 3 atom stereocenters. The molecule has 1 saturated carbocycles. The van der Waals surface area contributed by atoms with Crippen molar-refractivity contribution in [2.75, 3.05) is 33.7 Å². The fraction of sp³-hybridized carbons (Fsp3) is 1.00. The Morgan fingerprint density at radius 2 is 2.00 bits per heavy atom. The number of nitrogens with one attached hydrogen (secondary N) is 1. The predicted octanol–water partition coefficient (Wildman–Crippen LogP) is 1.54. The van der Waals surface area contributed by atoms with Crippen LogP contribution in [0, 0.1) is 0 Å². The number of hydrogen-bond acceptors (Lipinski definition) is 3. The molecule has 1 heterocycles. The van der Waals surface area contributed by atoms with Gasteiger partial charge in [0.2, 0.25) is 0 Å². The lowest BCUT2D eigenvalue weighted by atomic mass is 10.1. The molecule has 0 amide bonds. The summed E-state index contributed by atoms with van der Waals surface area (Å²) in [6.45, 7) is 6.17. The normalized spacial score (nSPS) is 37.2. The zero-order valence-electron chi connectivity index (χ0n) is 11.8. The van der Waals surface area contributed by atoms with E-state index in [2.05, 4.69) is 36.1 Å². The number of likely N-dealkylation sites (N-methyl/N-ethyl adjacent to an activating group) is 2. The standard InChI is InChI=1S/C14H29N3/c1-4-12-11-16(3)9-6-10-17(12)14-8-5-7-13(14)15-2/h12-15H,4-11H2,1-3H3. The molecule has 0 aromatic heterocycles. The van der Waals surface area contributed by atoms with Crippen molar-refractivity contribution in [3.8, 4) is 0 Å². The van der Waals surface area contributed by atoms with Gasteiger partial charge in [-0.25, -0.2) is 0 Å². The molecule has 2 rings (SSSR count). The van der Waals surface area contributed by atoms with E-state index in [-0.39, 0.29) is 0 Å². The van der Waals surface area contributed by atoms with Crippen LogP contribution in [0.3, 0.4) is 0 Å². The summed E-state index contributed by atoms with van der Waals surface area (Å²) in [6, 6.07) is 2.28. The first kappa shape index (κ1) is 13.3. The van der Waals surface area contributed by atoms with Crippen molar-refractivity contribution >= 4 is 0 Å². The van der Waals surface area contributed by atoms with Gasteiger partial charge < -0.3 is 10.2 Å². The van der Waals surface area contributed by atoms with Gasteiger partial charge in [0.15, 0.2) is 0 Å². The van der Waals surface area contributed by atoms with Gasteiger partial charge in [-0.3, -0.25) is 4.90 Å². The first-order chi connectivity index (χ1) is 8.26. The SMILES string of the molecule is CCC1CN(C)CCCN1C1CCCC1NC. The van der Waals surface area contributed by atoms with Crippen LogP contribution in [0.15, 0.2) is 0 Å². The highest BCUT2D eigenvalue weighted by atomic mass is 15.3. The Kier molecular flexibility index (Phi) is 4.83. The second-order valence-electron chi connectivity index (χ2n) is 5.81. The smallest absolute Gasteiger partial charge is 0.0252 e. The molecule has 1 saturated heterocycles. The topological polar surface area (TPSA) is 18.5 Å². The summed E-state index contributed by atoms with van der Waals surface area (Å²) in [6.07, 6.45) is 6.78. The third-order valence-corrected chi connectivity index (χ3v) is 4.70. The molecule has 0 radical (unpaired) electrons. The second-order valence-corrected chi connectivity index (χ2v) is 5.81. The molecule has 17 heavy (non-hydrogen) atoms. The molecule has 2 aliphatic rings. The molecule has 1 N–H and O–H groups in total. The number of hydrogen-bond donors (Lipinski definition) is 1. The lowest BCUT2D eigenvalue weighted by Crippen LogP contribution is -2.51. The van der Waals surface area contributed by atoms with E-state index in [1.165, 1.54) is 51.7 Å². The maximum atomic E-state index is 3.53. The summed E-state index contributed by atoms with van der Waals surface area (Å²) in [5.41, 5.74) is 0. The van der Waals surface area contributed by atoms with Gasteiger partial charge in [0.1, 0.15) is 0 Å². The van der Waals surface area contributed by atoms with Gasteiger partial charge >= 0.3 is 0 Å². The molecule has 3 unspecified atom stereocenters. The highest BCUT2D eigenvalue weighted by Gasteiger charge is 2.35. The monoisotopic (exact) mass is 239 g/mol. The van der Waals surface area contributed by atoms with Crippen LogP contribution in [-0.2, 0) is 0 Å². The van der Waals surface area contributed by atoms with E-state index in [9.17, 15) is 0 Å². The highest BCUT2D eigenvalue weighted by Crippen LogP contribution is 2.28. The lowest BCUT2D eigenvalue weighted by molar-refractivity contribution is 0.114. The molecule has 100 valence electrons. The molecule has 1 aliphatic carbocycles. The Hall–Kier alpha value is -0.120. The number of rotatable bonds is 3. The van der Waals surface area contributed by atoms with Gasteiger partial charge in [-0.1, -0.05) is 13.3 Å². The summed E-state index contributed by atoms with van der Waals surface area (Å²) in [5, 5.41) is 3.53. The third kappa shape index (κ3) is 3.01. The molecular formula is C14H29N3. The molecular weight excluding hydrogens is 210 g/mol. The Balaban J connectivity index is 2.05. The van der Waals surface area contributed by atoms with Gasteiger partial charge in [0.05, 0.1) is 0 Å².